The monoisotopic (exact) mass is 251 g/mol. The molecular weight excluding hydrogens is 226 g/mol. The van der Waals surface area contributed by atoms with Crippen molar-refractivity contribution in [2.24, 2.45) is 0 Å². The molecule has 96 valence electrons. The van der Waals surface area contributed by atoms with Gasteiger partial charge in [0.05, 0.1) is 0 Å². The molecule has 1 aromatic rings. The lowest BCUT2D eigenvalue weighted by Gasteiger charge is -2.17. The summed E-state index contributed by atoms with van der Waals surface area (Å²) >= 11 is 1.97. The van der Waals surface area contributed by atoms with Gasteiger partial charge in [0.2, 0.25) is 0 Å². The number of unbranched alkanes of at least 4 members (excludes halogenated alkanes) is 1. The Morgan fingerprint density at radius 2 is 1.88 bits per heavy atom. The van der Waals surface area contributed by atoms with Gasteiger partial charge in [0.1, 0.15) is 0 Å². The van der Waals surface area contributed by atoms with Crippen LogP contribution in [-0.4, -0.2) is 18.3 Å². The minimum Gasteiger partial charge on any atom is -0.313 e. The third-order valence-corrected chi connectivity index (χ3v) is 4.05. The van der Waals surface area contributed by atoms with E-state index in [-0.39, 0.29) is 0 Å². The molecule has 1 N–H and O–H groups in total. The minimum absolute atomic E-state index is 0.659. The van der Waals surface area contributed by atoms with Crippen molar-refractivity contribution in [3.05, 3.63) is 29.8 Å². The SMILES string of the molecule is CCCCC(CSc1ccc(C)cc1)NCC. The first-order chi connectivity index (χ1) is 8.26. The summed E-state index contributed by atoms with van der Waals surface area (Å²) in [4.78, 5) is 1.38. The molecule has 0 aliphatic heterocycles. The zero-order valence-corrected chi connectivity index (χ0v) is 12.1. The zero-order valence-electron chi connectivity index (χ0n) is 11.3. The molecule has 0 saturated heterocycles. The van der Waals surface area contributed by atoms with Crippen LogP contribution in [0.25, 0.3) is 0 Å². The van der Waals surface area contributed by atoms with Crippen molar-refractivity contribution >= 4 is 11.8 Å². The molecule has 17 heavy (non-hydrogen) atoms. The first kappa shape index (κ1) is 14.6. The summed E-state index contributed by atoms with van der Waals surface area (Å²) in [7, 11) is 0. The lowest BCUT2D eigenvalue weighted by Crippen LogP contribution is -2.31. The molecule has 1 aromatic carbocycles. The smallest absolute Gasteiger partial charge is 0.0161 e. The van der Waals surface area contributed by atoms with Gasteiger partial charge in [-0.3, -0.25) is 0 Å². The summed E-state index contributed by atoms with van der Waals surface area (Å²) in [6, 6.07) is 9.49. The summed E-state index contributed by atoms with van der Waals surface area (Å²) in [5, 5.41) is 3.58. The summed E-state index contributed by atoms with van der Waals surface area (Å²) in [6.45, 7) is 7.66. The molecule has 0 amide bonds. The quantitative estimate of drug-likeness (QED) is 0.693. The van der Waals surface area contributed by atoms with Gasteiger partial charge in [-0.25, -0.2) is 0 Å². The molecule has 0 fully saturated rings. The molecule has 1 nitrogen and oxygen atoms in total. The Balaban J connectivity index is 2.37. The lowest BCUT2D eigenvalue weighted by molar-refractivity contribution is 0.515. The molecule has 0 spiro atoms. The van der Waals surface area contributed by atoms with Gasteiger partial charge < -0.3 is 5.32 Å². The van der Waals surface area contributed by atoms with Crippen LogP contribution >= 0.6 is 11.8 Å². The van der Waals surface area contributed by atoms with E-state index in [0.29, 0.717) is 6.04 Å². The van der Waals surface area contributed by atoms with E-state index in [1.807, 2.05) is 11.8 Å². The second-order valence-electron chi connectivity index (χ2n) is 4.52. The fourth-order valence-corrected chi connectivity index (χ4v) is 2.82. The summed E-state index contributed by atoms with van der Waals surface area (Å²) in [5.41, 5.74) is 1.34. The molecule has 2 heteroatoms. The Hall–Kier alpha value is -0.470. The summed E-state index contributed by atoms with van der Waals surface area (Å²) < 4.78 is 0. The van der Waals surface area contributed by atoms with Crippen LogP contribution in [-0.2, 0) is 0 Å². The van der Waals surface area contributed by atoms with Crippen molar-refractivity contribution in [1.29, 1.82) is 0 Å². The van der Waals surface area contributed by atoms with Crippen molar-refractivity contribution in [3.8, 4) is 0 Å². The van der Waals surface area contributed by atoms with Crippen LogP contribution in [0.15, 0.2) is 29.2 Å². The first-order valence-corrected chi connectivity index (χ1v) is 7.67. The van der Waals surface area contributed by atoms with Crippen molar-refractivity contribution < 1.29 is 0 Å². The van der Waals surface area contributed by atoms with Crippen molar-refractivity contribution in [3.63, 3.8) is 0 Å². The fourth-order valence-electron chi connectivity index (χ4n) is 1.81. The number of aryl methyl sites for hydroxylation is 1. The molecule has 0 aromatic heterocycles. The third-order valence-electron chi connectivity index (χ3n) is 2.87. The molecule has 1 unspecified atom stereocenters. The standard InChI is InChI=1S/C15H25NS/c1-4-6-7-14(16-5-2)12-17-15-10-8-13(3)9-11-15/h8-11,14,16H,4-7,12H2,1-3H3. The van der Waals surface area contributed by atoms with E-state index in [2.05, 4.69) is 50.4 Å². The topological polar surface area (TPSA) is 12.0 Å². The molecule has 1 atom stereocenters. The molecule has 0 heterocycles. The van der Waals surface area contributed by atoms with Crippen molar-refractivity contribution in [2.45, 2.75) is 51.0 Å². The molecule has 0 bridgehead atoms. The van der Waals surface area contributed by atoms with E-state index < -0.39 is 0 Å². The van der Waals surface area contributed by atoms with Gasteiger partial charge in [0.25, 0.3) is 0 Å². The van der Waals surface area contributed by atoms with E-state index in [4.69, 9.17) is 0 Å². The largest absolute Gasteiger partial charge is 0.313 e. The van der Waals surface area contributed by atoms with E-state index >= 15 is 0 Å². The maximum Gasteiger partial charge on any atom is 0.0161 e. The average molecular weight is 251 g/mol. The highest BCUT2D eigenvalue weighted by molar-refractivity contribution is 7.99. The maximum atomic E-state index is 3.58. The number of rotatable bonds is 8. The number of benzene rings is 1. The second-order valence-corrected chi connectivity index (χ2v) is 5.61. The maximum absolute atomic E-state index is 3.58. The Morgan fingerprint density at radius 3 is 2.47 bits per heavy atom. The number of hydrogen-bond acceptors (Lipinski definition) is 2. The van der Waals surface area contributed by atoms with Gasteiger partial charge in [-0.15, -0.1) is 11.8 Å². The fraction of sp³-hybridized carbons (Fsp3) is 0.600. The van der Waals surface area contributed by atoms with Crippen LogP contribution in [0.4, 0.5) is 0 Å². The average Bonchev–Trinajstić information content (AvgIpc) is 2.35. The predicted octanol–water partition coefficient (Wildman–Crippen LogP) is 4.26. The van der Waals surface area contributed by atoms with Crippen LogP contribution in [0.1, 0.15) is 38.7 Å². The molecule has 0 saturated carbocycles. The van der Waals surface area contributed by atoms with Gasteiger partial charge in [-0.2, -0.15) is 0 Å². The Morgan fingerprint density at radius 1 is 1.18 bits per heavy atom. The van der Waals surface area contributed by atoms with E-state index in [1.54, 1.807) is 0 Å². The Labute approximate surface area is 110 Å². The number of thioether (sulfide) groups is 1. The zero-order chi connectivity index (χ0) is 12.5. The third kappa shape index (κ3) is 6.13. The molecule has 0 aliphatic rings. The van der Waals surface area contributed by atoms with Gasteiger partial charge in [0, 0.05) is 16.7 Å². The van der Waals surface area contributed by atoms with Crippen LogP contribution in [0.2, 0.25) is 0 Å². The van der Waals surface area contributed by atoms with Crippen LogP contribution in [0, 0.1) is 6.92 Å². The Bertz CT molecular complexity index is 294. The first-order valence-electron chi connectivity index (χ1n) is 6.69. The summed E-state index contributed by atoms with van der Waals surface area (Å²) in [6.07, 6.45) is 3.91. The van der Waals surface area contributed by atoms with Gasteiger partial charge in [-0.1, -0.05) is 44.4 Å². The normalized spacial score (nSPS) is 12.6. The van der Waals surface area contributed by atoms with Gasteiger partial charge in [0.15, 0.2) is 0 Å². The van der Waals surface area contributed by atoms with Crippen molar-refractivity contribution in [2.75, 3.05) is 12.3 Å². The van der Waals surface area contributed by atoms with E-state index in [9.17, 15) is 0 Å². The van der Waals surface area contributed by atoms with Crippen molar-refractivity contribution in [1.82, 2.24) is 5.32 Å². The Kier molecular flexibility index (Phi) is 7.38. The van der Waals surface area contributed by atoms with Crippen LogP contribution < -0.4 is 5.32 Å². The molecule has 0 aliphatic carbocycles. The number of nitrogens with one attached hydrogen (secondary N) is 1. The number of hydrogen-bond donors (Lipinski definition) is 1. The minimum atomic E-state index is 0.659. The highest BCUT2D eigenvalue weighted by Crippen LogP contribution is 2.20. The van der Waals surface area contributed by atoms with Gasteiger partial charge in [-0.05, 0) is 32.0 Å². The molecule has 1 rings (SSSR count). The summed E-state index contributed by atoms with van der Waals surface area (Å²) in [5.74, 6) is 1.18. The van der Waals surface area contributed by atoms with Crippen LogP contribution in [0.5, 0.6) is 0 Å². The second kappa shape index (κ2) is 8.60. The van der Waals surface area contributed by atoms with Gasteiger partial charge >= 0.3 is 0 Å². The van der Waals surface area contributed by atoms with E-state index in [1.165, 1.54) is 35.5 Å². The van der Waals surface area contributed by atoms with Crippen LogP contribution in [0.3, 0.4) is 0 Å². The highest BCUT2D eigenvalue weighted by Gasteiger charge is 2.07. The predicted molar refractivity (Wildman–Crippen MR) is 78.9 cm³/mol. The highest BCUT2D eigenvalue weighted by atomic mass is 32.2. The lowest BCUT2D eigenvalue weighted by atomic mass is 10.1. The molecular formula is C15H25NS. The van der Waals surface area contributed by atoms with E-state index in [0.717, 1.165) is 6.54 Å². The molecule has 0 radical (unpaired) electrons.